The van der Waals surface area contributed by atoms with Crippen molar-refractivity contribution >= 4 is 11.3 Å². The Hall–Kier alpha value is -1.28. The number of thiophene rings is 1. The first kappa shape index (κ1) is 16.6. The average Bonchev–Trinajstić information content (AvgIpc) is 3.27. The second kappa shape index (κ2) is 8.01. The molecule has 0 spiro atoms. The summed E-state index contributed by atoms with van der Waals surface area (Å²) in [4.78, 5) is 3.87. The van der Waals surface area contributed by atoms with Gasteiger partial charge in [0, 0.05) is 30.9 Å². The van der Waals surface area contributed by atoms with Gasteiger partial charge in [-0.15, -0.1) is 21.5 Å². The minimum Gasteiger partial charge on any atom is -0.424 e. The number of hydrogen-bond acceptors (Lipinski definition) is 7. The molecule has 3 heterocycles. The lowest BCUT2D eigenvalue weighted by molar-refractivity contribution is 0.0163. The Bertz CT molecular complexity index is 581. The third-order valence-electron chi connectivity index (χ3n) is 4.13. The molecule has 6 nitrogen and oxygen atoms in total. The predicted octanol–water partition coefficient (Wildman–Crippen LogP) is 2.42. The SMILES string of the molecule is CCc1nnc([C@H](C)NC[C@H](c2cccs2)N2CCOCC2)o1. The van der Waals surface area contributed by atoms with Gasteiger partial charge >= 0.3 is 0 Å². The van der Waals surface area contributed by atoms with Crippen molar-refractivity contribution in [3.8, 4) is 0 Å². The zero-order chi connectivity index (χ0) is 16.1. The van der Waals surface area contributed by atoms with E-state index < -0.39 is 0 Å². The molecule has 0 radical (unpaired) electrons. The smallest absolute Gasteiger partial charge is 0.233 e. The second-order valence-corrected chi connectivity index (χ2v) is 6.68. The van der Waals surface area contributed by atoms with Crippen molar-refractivity contribution in [3.05, 3.63) is 34.2 Å². The van der Waals surface area contributed by atoms with Gasteiger partial charge in [-0.2, -0.15) is 0 Å². The molecule has 3 rings (SSSR count). The van der Waals surface area contributed by atoms with Gasteiger partial charge < -0.3 is 14.5 Å². The van der Waals surface area contributed by atoms with E-state index in [0.717, 1.165) is 39.3 Å². The van der Waals surface area contributed by atoms with Crippen LogP contribution in [-0.4, -0.2) is 47.9 Å². The van der Waals surface area contributed by atoms with Crippen molar-refractivity contribution < 1.29 is 9.15 Å². The van der Waals surface area contributed by atoms with Gasteiger partial charge in [-0.25, -0.2) is 0 Å². The number of nitrogens with zero attached hydrogens (tertiary/aromatic N) is 3. The Kier molecular flexibility index (Phi) is 5.77. The van der Waals surface area contributed by atoms with Crippen LogP contribution in [0.2, 0.25) is 0 Å². The summed E-state index contributed by atoms with van der Waals surface area (Å²) >= 11 is 1.81. The molecule has 0 bridgehead atoms. The summed E-state index contributed by atoms with van der Waals surface area (Å²) in [5.41, 5.74) is 0. The molecular weight excluding hydrogens is 312 g/mol. The van der Waals surface area contributed by atoms with Crippen molar-refractivity contribution in [1.82, 2.24) is 20.4 Å². The summed E-state index contributed by atoms with van der Waals surface area (Å²) in [7, 11) is 0. The maximum Gasteiger partial charge on any atom is 0.233 e. The van der Waals surface area contributed by atoms with Crippen LogP contribution < -0.4 is 5.32 Å². The highest BCUT2D eigenvalue weighted by Crippen LogP contribution is 2.26. The molecule has 0 aliphatic carbocycles. The quantitative estimate of drug-likeness (QED) is 0.838. The zero-order valence-electron chi connectivity index (χ0n) is 13.7. The van der Waals surface area contributed by atoms with Crippen molar-refractivity contribution in [1.29, 1.82) is 0 Å². The van der Waals surface area contributed by atoms with Crippen molar-refractivity contribution in [2.24, 2.45) is 0 Å². The number of aryl methyl sites for hydroxylation is 1. The van der Waals surface area contributed by atoms with E-state index >= 15 is 0 Å². The first-order valence-electron chi connectivity index (χ1n) is 8.18. The first-order chi connectivity index (χ1) is 11.3. The Morgan fingerprint density at radius 3 is 2.83 bits per heavy atom. The van der Waals surface area contributed by atoms with Crippen LogP contribution in [0.3, 0.4) is 0 Å². The average molecular weight is 336 g/mol. The summed E-state index contributed by atoms with van der Waals surface area (Å²) in [6.45, 7) is 8.49. The highest BCUT2D eigenvalue weighted by molar-refractivity contribution is 7.10. The molecule has 23 heavy (non-hydrogen) atoms. The fourth-order valence-corrected chi connectivity index (χ4v) is 3.60. The van der Waals surface area contributed by atoms with Crippen LogP contribution in [0.4, 0.5) is 0 Å². The van der Waals surface area contributed by atoms with E-state index in [1.54, 1.807) is 11.3 Å². The third-order valence-corrected chi connectivity index (χ3v) is 5.10. The molecule has 2 atom stereocenters. The molecule has 7 heteroatoms. The fourth-order valence-electron chi connectivity index (χ4n) is 2.74. The van der Waals surface area contributed by atoms with Crippen LogP contribution in [0.25, 0.3) is 0 Å². The second-order valence-electron chi connectivity index (χ2n) is 5.70. The standard InChI is InChI=1S/C16H24N4O2S/c1-3-15-18-19-16(22-15)12(2)17-11-13(14-5-4-10-23-14)20-6-8-21-9-7-20/h4-5,10,12-13,17H,3,6-9,11H2,1-2H3/t12-,13+/m0/s1. The topological polar surface area (TPSA) is 63.4 Å². The van der Waals surface area contributed by atoms with Crippen LogP contribution >= 0.6 is 11.3 Å². The Morgan fingerprint density at radius 1 is 1.35 bits per heavy atom. The Morgan fingerprint density at radius 2 is 2.17 bits per heavy atom. The molecule has 0 aromatic carbocycles. The van der Waals surface area contributed by atoms with Gasteiger partial charge in [0.2, 0.25) is 11.8 Å². The lowest BCUT2D eigenvalue weighted by Gasteiger charge is -2.34. The Balaban J connectivity index is 1.63. The van der Waals surface area contributed by atoms with E-state index in [1.807, 2.05) is 6.92 Å². The number of hydrogen-bond donors (Lipinski definition) is 1. The van der Waals surface area contributed by atoms with E-state index in [4.69, 9.17) is 9.15 Å². The maximum absolute atomic E-state index is 5.65. The molecule has 1 aliphatic rings. The number of rotatable bonds is 7. The summed E-state index contributed by atoms with van der Waals surface area (Å²) < 4.78 is 11.1. The number of aromatic nitrogens is 2. The number of nitrogens with one attached hydrogen (secondary N) is 1. The van der Waals surface area contributed by atoms with Crippen molar-refractivity contribution in [2.75, 3.05) is 32.8 Å². The molecule has 1 fully saturated rings. The van der Waals surface area contributed by atoms with Crippen LogP contribution in [-0.2, 0) is 11.2 Å². The van der Waals surface area contributed by atoms with E-state index in [-0.39, 0.29) is 6.04 Å². The Labute approximate surface area is 140 Å². The minimum absolute atomic E-state index is 0.0475. The molecular formula is C16H24N4O2S. The van der Waals surface area contributed by atoms with Gasteiger partial charge in [0.05, 0.1) is 25.3 Å². The van der Waals surface area contributed by atoms with Crippen LogP contribution in [0.5, 0.6) is 0 Å². The molecule has 1 N–H and O–H groups in total. The summed E-state index contributed by atoms with van der Waals surface area (Å²) in [6, 6.07) is 4.72. The van der Waals surface area contributed by atoms with Crippen LogP contribution in [0.15, 0.2) is 21.9 Å². The number of morpholine rings is 1. The lowest BCUT2D eigenvalue weighted by atomic mass is 10.1. The molecule has 1 aliphatic heterocycles. The van der Waals surface area contributed by atoms with Gasteiger partial charge in [0.25, 0.3) is 0 Å². The van der Waals surface area contributed by atoms with E-state index in [1.165, 1.54) is 4.88 Å². The van der Waals surface area contributed by atoms with Crippen molar-refractivity contribution in [2.45, 2.75) is 32.4 Å². The minimum atomic E-state index is 0.0475. The zero-order valence-corrected chi connectivity index (χ0v) is 14.5. The summed E-state index contributed by atoms with van der Waals surface area (Å²) in [5, 5.41) is 13.9. The first-order valence-corrected chi connectivity index (χ1v) is 9.06. The maximum atomic E-state index is 5.65. The monoisotopic (exact) mass is 336 g/mol. The highest BCUT2D eigenvalue weighted by Gasteiger charge is 2.24. The van der Waals surface area contributed by atoms with Gasteiger partial charge in [0.1, 0.15) is 0 Å². The molecule has 1 saturated heterocycles. The molecule has 2 aromatic heterocycles. The van der Waals surface area contributed by atoms with E-state index in [0.29, 0.717) is 17.8 Å². The molecule has 0 amide bonds. The molecule has 0 saturated carbocycles. The summed E-state index contributed by atoms with van der Waals surface area (Å²) in [6.07, 6.45) is 0.769. The lowest BCUT2D eigenvalue weighted by Crippen LogP contribution is -2.42. The molecule has 2 aromatic rings. The molecule has 0 unspecified atom stereocenters. The van der Waals surface area contributed by atoms with Gasteiger partial charge in [-0.05, 0) is 18.4 Å². The van der Waals surface area contributed by atoms with Gasteiger partial charge in [-0.1, -0.05) is 13.0 Å². The number of ether oxygens (including phenoxy) is 1. The highest BCUT2D eigenvalue weighted by atomic mass is 32.1. The largest absolute Gasteiger partial charge is 0.424 e. The van der Waals surface area contributed by atoms with Crippen molar-refractivity contribution in [3.63, 3.8) is 0 Å². The summed E-state index contributed by atoms with van der Waals surface area (Å²) in [5.74, 6) is 1.35. The normalized spacial score (nSPS) is 18.9. The van der Waals surface area contributed by atoms with E-state index in [2.05, 4.69) is 44.9 Å². The third kappa shape index (κ3) is 4.17. The van der Waals surface area contributed by atoms with E-state index in [9.17, 15) is 0 Å². The van der Waals surface area contributed by atoms with Gasteiger partial charge in [0.15, 0.2) is 0 Å². The fraction of sp³-hybridized carbons (Fsp3) is 0.625. The van der Waals surface area contributed by atoms with Gasteiger partial charge in [-0.3, -0.25) is 4.90 Å². The van der Waals surface area contributed by atoms with Crippen LogP contribution in [0.1, 0.15) is 42.6 Å². The predicted molar refractivity (Wildman–Crippen MR) is 89.5 cm³/mol. The molecule has 126 valence electrons. The van der Waals surface area contributed by atoms with Crippen LogP contribution in [0, 0.1) is 0 Å².